The lowest BCUT2D eigenvalue weighted by atomic mass is 10.2. The van der Waals surface area contributed by atoms with Crippen LogP contribution in [0.1, 0.15) is 5.56 Å². The number of thiocarbonyl (C=S) groups is 1. The number of nitrogens with zero attached hydrogens (tertiary/aromatic N) is 1. The first-order chi connectivity index (χ1) is 9.90. The second-order valence-electron chi connectivity index (χ2n) is 5.98. The maximum atomic E-state index is 6.04. The van der Waals surface area contributed by atoms with Crippen molar-refractivity contribution in [3.05, 3.63) is 23.8 Å². The zero-order valence-electron chi connectivity index (χ0n) is 13.1. The van der Waals surface area contributed by atoms with Gasteiger partial charge in [0.2, 0.25) is 8.32 Å². The third-order valence-electron chi connectivity index (χ3n) is 3.13. The van der Waals surface area contributed by atoms with Gasteiger partial charge in [-0.1, -0.05) is 12.2 Å². The molecule has 0 radical (unpaired) electrons. The lowest BCUT2D eigenvalue weighted by Crippen LogP contribution is -2.40. The van der Waals surface area contributed by atoms with Crippen LogP contribution < -0.4 is 9.16 Å². The largest absolute Gasteiger partial charge is 0.542 e. The molecule has 1 saturated heterocycles. The van der Waals surface area contributed by atoms with Crippen molar-refractivity contribution in [3.8, 4) is 11.5 Å². The molecule has 2 rings (SSSR count). The Bertz CT molecular complexity index is 510. The third-order valence-corrected chi connectivity index (χ3v) is 4.45. The zero-order valence-corrected chi connectivity index (χ0v) is 15.0. The molecule has 1 heterocycles. The number of morpholine rings is 1. The van der Waals surface area contributed by atoms with Gasteiger partial charge in [0.05, 0.1) is 20.3 Å². The van der Waals surface area contributed by atoms with E-state index in [1.54, 1.807) is 7.11 Å². The van der Waals surface area contributed by atoms with Crippen LogP contribution in [-0.4, -0.2) is 51.6 Å². The normalized spacial score (nSPS) is 15.7. The monoisotopic (exact) mass is 325 g/mol. The van der Waals surface area contributed by atoms with E-state index in [4.69, 9.17) is 26.1 Å². The lowest BCUT2D eigenvalue weighted by Gasteiger charge is -2.29. The fraction of sp³-hybridized carbons (Fsp3) is 0.533. The Hall–Kier alpha value is -1.11. The lowest BCUT2D eigenvalue weighted by molar-refractivity contribution is 0.0693. The molecule has 1 aliphatic rings. The topological polar surface area (TPSA) is 30.9 Å². The Morgan fingerprint density at radius 1 is 1.19 bits per heavy atom. The van der Waals surface area contributed by atoms with E-state index in [2.05, 4.69) is 24.5 Å². The first kappa shape index (κ1) is 16.3. The summed E-state index contributed by atoms with van der Waals surface area (Å²) in [7, 11) is -0.00162. The van der Waals surface area contributed by atoms with Crippen molar-refractivity contribution < 1.29 is 13.9 Å². The number of methoxy groups -OCH3 is 1. The number of benzene rings is 1. The minimum atomic E-state index is -1.66. The molecule has 1 aromatic rings. The van der Waals surface area contributed by atoms with Gasteiger partial charge in [0.1, 0.15) is 10.7 Å². The smallest absolute Gasteiger partial charge is 0.242 e. The molecular formula is C15H23NO3SSi. The van der Waals surface area contributed by atoms with Gasteiger partial charge in [0, 0.05) is 18.7 Å². The van der Waals surface area contributed by atoms with Crippen molar-refractivity contribution in [3.63, 3.8) is 0 Å². The maximum absolute atomic E-state index is 6.04. The summed E-state index contributed by atoms with van der Waals surface area (Å²) < 4.78 is 16.9. The molecule has 1 fully saturated rings. The van der Waals surface area contributed by atoms with Crippen molar-refractivity contribution in [2.75, 3.05) is 33.4 Å². The van der Waals surface area contributed by atoms with Crippen LogP contribution in [0.2, 0.25) is 19.6 Å². The first-order valence-corrected chi connectivity index (χ1v) is 11.0. The Kier molecular flexibility index (Phi) is 5.24. The molecule has 0 saturated carbocycles. The summed E-state index contributed by atoms with van der Waals surface area (Å²) in [6.45, 7) is 9.60. The van der Waals surface area contributed by atoms with E-state index in [-0.39, 0.29) is 0 Å². The Morgan fingerprint density at radius 3 is 2.43 bits per heavy atom. The predicted molar refractivity (Wildman–Crippen MR) is 91.1 cm³/mol. The van der Waals surface area contributed by atoms with Crippen LogP contribution in [0.15, 0.2) is 18.2 Å². The molecule has 0 spiro atoms. The molecule has 6 heteroatoms. The second-order valence-corrected chi connectivity index (χ2v) is 10.8. The second kappa shape index (κ2) is 6.77. The van der Waals surface area contributed by atoms with Crippen LogP contribution in [0, 0.1) is 0 Å². The van der Waals surface area contributed by atoms with Crippen LogP contribution in [0.25, 0.3) is 0 Å². The van der Waals surface area contributed by atoms with E-state index >= 15 is 0 Å². The molecule has 0 atom stereocenters. The van der Waals surface area contributed by atoms with E-state index in [9.17, 15) is 0 Å². The van der Waals surface area contributed by atoms with Gasteiger partial charge in [-0.25, -0.2) is 0 Å². The highest BCUT2D eigenvalue weighted by Gasteiger charge is 2.20. The van der Waals surface area contributed by atoms with Gasteiger partial charge >= 0.3 is 0 Å². The molecule has 4 nitrogen and oxygen atoms in total. The van der Waals surface area contributed by atoms with Gasteiger partial charge in [-0.15, -0.1) is 0 Å². The summed E-state index contributed by atoms with van der Waals surface area (Å²) in [5, 5.41) is 0. The number of hydrogen-bond donors (Lipinski definition) is 0. The molecule has 0 aliphatic carbocycles. The average Bonchev–Trinajstić information content (AvgIpc) is 2.46. The molecular weight excluding hydrogens is 302 g/mol. The van der Waals surface area contributed by atoms with Crippen LogP contribution in [0.4, 0.5) is 0 Å². The van der Waals surface area contributed by atoms with Crippen LogP contribution in [0.3, 0.4) is 0 Å². The molecule has 0 bridgehead atoms. The van der Waals surface area contributed by atoms with Crippen molar-refractivity contribution in [2.45, 2.75) is 19.6 Å². The van der Waals surface area contributed by atoms with Gasteiger partial charge < -0.3 is 18.8 Å². The minimum Gasteiger partial charge on any atom is -0.542 e. The Labute approximate surface area is 133 Å². The maximum Gasteiger partial charge on any atom is 0.242 e. The van der Waals surface area contributed by atoms with Crippen molar-refractivity contribution >= 4 is 25.5 Å². The molecule has 116 valence electrons. The highest BCUT2D eigenvalue weighted by molar-refractivity contribution is 7.80. The Morgan fingerprint density at radius 2 is 1.86 bits per heavy atom. The van der Waals surface area contributed by atoms with Gasteiger partial charge in [0.15, 0.2) is 5.75 Å². The molecule has 0 N–H and O–H groups in total. The van der Waals surface area contributed by atoms with Crippen molar-refractivity contribution in [1.82, 2.24) is 4.90 Å². The zero-order chi connectivity index (χ0) is 15.5. The van der Waals surface area contributed by atoms with E-state index in [1.165, 1.54) is 0 Å². The van der Waals surface area contributed by atoms with Gasteiger partial charge in [-0.2, -0.15) is 0 Å². The van der Waals surface area contributed by atoms with Gasteiger partial charge in [-0.3, -0.25) is 0 Å². The molecule has 0 unspecified atom stereocenters. The summed E-state index contributed by atoms with van der Waals surface area (Å²) in [6, 6.07) is 5.93. The van der Waals surface area contributed by atoms with Crippen LogP contribution in [-0.2, 0) is 4.74 Å². The van der Waals surface area contributed by atoms with Crippen molar-refractivity contribution in [2.24, 2.45) is 0 Å². The molecule has 0 aromatic heterocycles. The molecule has 1 aromatic carbocycles. The summed E-state index contributed by atoms with van der Waals surface area (Å²) in [6.07, 6.45) is 0. The van der Waals surface area contributed by atoms with Crippen LogP contribution >= 0.6 is 12.2 Å². The van der Waals surface area contributed by atoms with E-state index in [0.717, 1.165) is 48.4 Å². The summed E-state index contributed by atoms with van der Waals surface area (Å²) in [4.78, 5) is 3.02. The first-order valence-electron chi connectivity index (χ1n) is 7.15. The number of ether oxygens (including phenoxy) is 2. The summed E-state index contributed by atoms with van der Waals surface area (Å²) in [5.74, 6) is 1.54. The fourth-order valence-electron chi connectivity index (χ4n) is 2.16. The average molecular weight is 326 g/mol. The highest BCUT2D eigenvalue weighted by atomic mass is 32.1. The van der Waals surface area contributed by atoms with E-state index in [0.29, 0.717) is 0 Å². The third kappa shape index (κ3) is 4.43. The van der Waals surface area contributed by atoms with Crippen molar-refractivity contribution in [1.29, 1.82) is 0 Å². The molecule has 0 amide bonds. The SMILES string of the molecule is COc1cc(C(=S)N2CCOCC2)ccc1O[Si](C)(C)C. The van der Waals surface area contributed by atoms with Gasteiger partial charge in [0.25, 0.3) is 0 Å². The quantitative estimate of drug-likeness (QED) is 0.627. The Balaban J connectivity index is 2.19. The predicted octanol–water partition coefficient (Wildman–Crippen LogP) is 2.92. The number of hydrogen-bond acceptors (Lipinski definition) is 4. The summed E-state index contributed by atoms with van der Waals surface area (Å²) >= 11 is 5.58. The fourth-order valence-corrected chi connectivity index (χ4v) is 3.30. The minimum absolute atomic E-state index is 0.730. The number of rotatable bonds is 4. The summed E-state index contributed by atoms with van der Waals surface area (Å²) in [5.41, 5.74) is 0.992. The van der Waals surface area contributed by atoms with E-state index in [1.807, 2.05) is 18.2 Å². The van der Waals surface area contributed by atoms with Crippen LogP contribution in [0.5, 0.6) is 11.5 Å². The standard InChI is InChI=1S/C15H23NO3SSi/c1-17-14-11-12(5-6-13(14)19-21(2,3)4)15(20)16-7-9-18-10-8-16/h5-6,11H,7-10H2,1-4H3. The molecule has 21 heavy (non-hydrogen) atoms. The van der Waals surface area contributed by atoms with Gasteiger partial charge in [-0.05, 0) is 37.8 Å². The molecule has 1 aliphatic heterocycles. The highest BCUT2D eigenvalue weighted by Crippen LogP contribution is 2.31. The van der Waals surface area contributed by atoms with E-state index < -0.39 is 8.32 Å².